The Hall–Kier alpha value is -0.630. The highest BCUT2D eigenvalue weighted by atomic mass is 79.9. The first-order valence-electron chi connectivity index (χ1n) is 6.50. The summed E-state index contributed by atoms with van der Waals surface area (Å²) in [4.78, 5) is 0.119. The van der Waals surface area contributed by atoms with E-state index < -0.39 is 15.6 Å². The minimum absolute atomic E-state index is 0.119. The van der Waals surface area contributed by atoms with Gasteiger partial charge in [0.2, 0.25) is 10.0 Å². The molecule has 1 aromatic rings. The number of nitrogens with zero attached hydrogens (tertiary/aromatic N) is 1. The lowest BCUT2D eigenvalue weighted by molar-refractivity contribution is 0.0465. The van der Waals surface area contributed by atoms with Gasteiger partial charge in [0.1, 0.15) is 4.90 Å². The fraction of sp³-hybridized carbons (Fsp3) is 0.538. The van der Waals surface area contributed by atoms with Crippen LogP contribution in [0.1, 0.15) is 26.2 Å². The molecule has 1 aliphatic rings. The summed E-state index contributed by atoms with van der Waals surface area (Å²) in [6, 6.07) is 4.81. The Bertz CT molecular complexity index is 602. The van der Waals surface area contributed by atoms with Crippen molar-refractivity contribution in [2.45, 2.75) is 36.7 Å². The Kier molecular flexibility index (Phi) is 4.44. The number of benzene rings is 1. The first-order chi connectivity index (χ1) is 9.22. The number of hydrogen-bond donors (Lipinski definition) is 2. The van der Waals surface area contributed by atoms with Crippen molar-refractivity contribution in [1.29, 1.82) is 0 Å². The second-order valence-electron chi connectivity index (χ2n) is 5.44. The third-order valence-electron chi connectivity index (χ3n) is 3.62. The van der Waals surface area contributed by atoms with Crippen molar-refractivity contribution in [2.24, 2.45) is 0 Å². The molecule has 0 spiro atoms. The van der Waals surface area contributed by atoms with Crippen LogP contribution in [0.25, 0.3) is 0 Å². The normalized spacial score (nSPS) is 25.4. The Labute approximate surface area is 128 Å². The molecule has 1 atom stereocenters. The fourth-order valence-electron chi connectivity index (χ4n) is 2.35. The SMILES string of the molecule is CC1(O)CCCN(S(=O)(=O)c2cc(Br)ccc2N)CC1. The van der Waals surface area contributed by atoms with Crippen molar-refractivity contribution < 1.29 is 13.5 Å². The Morgan fingerprint density at radius 3 is 2.75 bits per heavy atom. The van der Waals surface area contributed by atoms with E-state index in [9.17, 15) is 13.5 Å². The molecule has 1 aliphatic heterocycles. The second-order valence-corrected chi connectivity index (χ2v) is 8.26. The maximum Gasteiger partial charge on any atom is 0.245 e. The van der Waals surface area contributed by atoms with Gasteiger partial charge in [-0.1, -0.05) is 15.9 Å². The molecule has 1 fully saturated rings. The molecule has 112 valence electrons. The molecule has 2 rings (SSSR count). The quantitative estimate of drug-likeness (QED) is 0.787. The first kappa shape index (κ1) is 15.8. The molecule has 1 saturated heterocycles. The molecule has 1 heterocycles. The number of anilines is 1. The van der Waals surface area contributed by atoms with Crippen molar-refractivity contribution >= 4 is 31.6 Å². The fourth-order valence-corrected chi connectivity index (χ4v) is 4.48. The Morgan fingerprint density at radius 1 is 1.35 bits per heavy atom. The van der Waals surface area contributed by atoms with Gasteiger partial charge in [-0.05, 0) is 44.4 Å². The lowest BCUT2D eigenvalue weighted by atomic mass is 9.98. The van der Waals surface area contributed by atoms with Crippen molar-refractivity contribution in [3.8, 4) is 0 Å². The van der Waals surface area contributed by atoms with E-state index in [0.717, 1.165) is 0 Å². The number of nitrogens with two attached hydrogens (primary N) is 1. The van der Waals surface area contributed by atoms with Gasteiger partial charge in [0.15, 0.2) is 0 Å². The van der Waals surface area contributed by atoms with E-state index in [-0.39, 0.29) is 10.6 Å². The summed E-state index contributed by atoms with van der Waals surface area (Å²) in [7, 11) is -3.62. The topological polar surface area (TPSA) is 83.6 Å². The van der Waals surface area contributed by atoms with E-state index in [1.165, 1.54) is 10.4 Å². The summed E-state index contributed by atoms with van der Waals surface area (Å²) < 4.78 is 27.4. The molecule has 0 radical (unpaired) electrons. The number of rotatable bonds is 2. The smallest absolute Gasteiger partial charge is 0.245 e. The monoisotopic (exact) mass is 362 g/mol. The zero-order chi connectivity index (χ0) is 15.0. The van der Waals surface area contributed by atoms with E-state index in [2.05, 4.69) is 15.9 Å². The highest BCUT2D eigenvalue weighted by molar-refractivity contribution is 9.10. The van der Waals surface area contributed by atoms with Gasteiger partial charge in [0.05, 0.1) is 11.3 Å². The lowest BCUT2D eigenvalue weighted by Crippen LogP contribution is -2.34. The molecule has 1 unspecified atom stereocenters. The predicted molar refractivity (Wildman–Crippen MR) is 81.8 cm³/mol. The van der Waals surface area contributed by atoms with Crippen LogP contribution >= 0.6 is 15.9 Å². The average molecular weight is 363 g/mol. The van der Waals surface area contributed by atoms with Crippen molar-refractivity contribution in [1.82, 2.24) is 4.31 Å². The average Bonchev–Trinajstić information content (AvgIpc) is 2.53. The van der Waals surface area contributed by atoms with Crippen molar-refractivity contribution in [3.05, 3.63) is 22.7 Å². The van der Waals surface area contributed by atoms with Crippen LogP contribution in [0.2, 0.25) is 0 Å². The van der Waals surface area contributed by atoms with E-state index in [1.54, 1.807) is 19.1 Å². The summed E-state index contributed by atoms with van der Waals surface area (Å²) in [6.45, 7) is 2.46. The number of aliphatic hydroxyl groups is 1. The number of halogens is 1. The van der Waals surface area contributed by atoms with E-state index in [1.807, 2.05) is 0 Å². The maximum atomic E-state index is 12.7. The van der Waals surface area contributed by atoms with Crippen LogP contribution in [-0.2, 0) is 10.0 Å². The highest BCUT2D eigenvalue weighted by Gasteiger charge is 2.32. The molecule has 0 aromatic heterocycles. The van der Waals surface area contributed by atoms with Crippen LogP contribution in [0.4, 0.5) is 5.69 Å². The molecule has 3 N–H and O–H groups in total. The summed E-state index contributed by atoms with van der Waals surface area (Å²) in [5.74, 6) is 0. The Balaban J connectivity index is 2.33. The summed E-state index contributed by atoms with van der Waals surface area (Å²) >= 11 is 3.27. The lowest BCUT2D eigenvalue weighted by Gasteiger charge is -2.22. The molecule has 5 nitrogen and oxygen atoms in total. The van der Waals surface area contributed by atoms with E-state index >= 15 is 0 Å². The predicted octanol–water partition coefficient (Wildman–Crippen LogP) is 1.96. The van der Waals surface area contributed by atoms with Gasteiger partial charge in [-0.25, -0.2) is 8.42 Å². The summed E-state index contributed by atoms with van der Waals surface area (Å²) in [5, 5.41) is 10.1. The van der Waals surface area contributed by atoms with Gasteiger partial charge in [-0.15, -0.1) is 0 Å². The van der Waals surface area contributed by atoms with Crippen LogP contribution in [0.15, 0.2) is 27.6 Å². The van der Waals surface area contributed by atoms with Gasteiger partial charge in [-0.3, -0.25) is 0 Å². The Morgan fingerprint density at radius 2 is 2.05 bits per heavy atom. The molecule has 1 aromatic carbocycles. The van der Waals surface area contributed by atoms with Gasteiger partial charge in [0.25, 0.3) is 0 Å². The third-order valence-corrected chi connectivity index (χ3v) is 6.06. The zero-order valence-corrected chi connectivity index (χ0v) is 13.7. The minimum Gasteiger partial charge on any atom is -0.398 e. The standard InChI is InChI=1S/C13H19BrN2O3S/c1-13(17)5-2-7-16(8-6-13)20(18,19)12-9-10(14)3-4-11(12)15/h3-4,9,17H,2,5-8,15H2,1H3. The second kappa shape index (κ2) is 5.63. The number of sulfonamides is 1. The minimum atomic E-state index is -3.62. The van der Waals surface area contributed by atoms with Gasteiger partial charge in [0, 0.05) is 17.6 Å². The molecular formula is C13H19BrN2O3S. The van der Waals surface area contributed by atoms with Gasteiger partial charge >= 0.3 is 0 Å². The van der Waals surface area contributed by atoms with Gasteiger partial charge in [-0.2, -0.15) is 4.31 Å². The van der Waals surface area contributed by atoms with E-state index in [0.29, 0.717) is 36.8 Å². The van der Waals surface area contributed by atoms with Crippen LogP contribution < -0.4 is 5.73 Å². The number of nitrogen functional groups attached to an aromatic ring is 1. The highest BCUT2D eigenvalue weighted by Crippen LogP contribution is 2.29. The molecule has 0 aliphatic carbocycles. The molecule has 7 heteroatoms. The van der Waals surface area contributed by atoms with Crippen LogP contribution in [0.3, 0.4) is 0 Å². The molecular weight excluding hydrogens is 344 g/mol. The maximum absolute atomic E-state index is 12.7. The molecule has 20 heavy (non-hydrogen) atoms. The van der Waals surface area contributed by atoms with Crippen LogP contribution in [-0.4, -0.2) is 36.5 Å². The van der Waals surface area contributed by atoms with Crippen LogP contribution in [0.5, 0.6) is 0 Å². The van der Waals surface area contributed by atoms with Gasteiger partial charge < -0.3 is 10.8 Å². The molecule has 0 bridgehead atoms. The van der Waals surface area contributed by atoms with Crippen molar-refractivity contribution in [2.75, 3.05) is 18.8 Å². The zero-order valence-electron chi connectivity index (χ0n) is 11.3. The number of hydrogen-bond acceptors (Lipinski definition) is 4. The molecule has 0 amide bonds. The third kappa shape index (κ3) is 3.33. The molecule has 0 saturated carbocycles. The van der Waals surface area contributed by atoms with Crippen molar-refractivity contribution in [3.63, 3.8) is 0 Å². The van der Waals surface area contributed by atoms with E-state index in [4.69, 9.17) is 5.73 Å². The summed E-state index contributed by atoms with van der Waals surface area (Å²) in [5.41, 5.74) is 5.24. The first-order valence-corrected chi connectivity index (χ1v) is 8.73. The largest absolute Gasteiger partial charge is 0.398 e. The summed E-state index contributed by atoms with van der Waals surface area (Å²) in [6.07, 6.45) is 1.67. The van der Waals surface area contributed by atoms with Crippen LogP contribution in [0, 0.1) is 0 Å².